The van der Waals surface area contributed by atoms with Crippen molar-refractivity contribution in [1.82, 2.24) is 10.2 Å². The van der Waals surface area contributed by atoms with E-state index in [1.165, 1.54) is 6.20 Å². The zero-order chi connectivity index (χ0) is 11.1. The maximum atomic E-state index is 9.32. The Bertz CT molecular complexity index is 348. The Balaban J connectivity index is 2.47. The standard InChI is InChI=1S/C10H14N4O/c1-2-9(15)4-5-12-10-8(7-11)3-6-13-14-10/h3,6,9,15H,2,4-5H2,1H3,(H,12,14). The van der Waals surface area contributed by atoms with Crippen LogP contribution in [0.25, 0.3) is 0 Å². The lowest BCUT2D eigenvalue weighted by molar-refractivity contribution is 0.164. The van der Waals surface area contributed by atoms with E-state index in [1.807, 2.05) is 13.0 Å². The van der Waals surface area contributed by atoms with Crippen LogP contribution in [0.3, 0.4) is 0 Å². The Morgan fingerprint density at radius 2 is 2.47 bits per heavy atom. The maximum absolute atomic E-state index is 9.32. The smallest absolute Gasteiger partial charge is 0.166 e. The lowest BCUT2D eigenvalue weighted by Gasteiger charge is -2.09. The van der Waals surface area contributed by atoms with Gasteiger partial charge in [0.2, 0.25) is 0 Å². The van der Waals surface area contributed by atoms with Crippen LogP contribution in [-0.4, -0.2) is 28.0 Å². The third-order valence-corrected chi connectivity index (χ3v) is 2.08. The Hall–Kier alpha value is -1.67. The largest absolute Gasteiger partial charge is 0.393 e. The predicted octanol–water partition coefficient (Wildman–Crippen LogP) is 0.921. The third kappa shape index (κ3) is 3.52. The summed E-state index contributed by atoms with van der Waals surface area (Å²) in [5, 5.41) is 28.6. The summed E-state index contributed by atoms with van der Waals surface area (Å²) in [5.74, 6) is 0.475. The zero-order valence-electron chi connectivity index (χ0n) is 8.64. The van der Waals surface area contributed by atoms with Crippen molar-refractivity contribution >= 4 is 5.82 Å². The fraction of sp³-hybridized carbons (Fsp3) is 0.500. The summed E-state index contributed by atoms with van der Waals surface area (Å²) >= 11 is 0. The number of aromatic nitrogens is 2. The van der Waals surface area contributed by atoms with Crippen LogP contribution in [0.4, 0.5) is 5.82 Å². The molecular formula is C10H14N4O. The van der Waals surface area contributed by atoms with Crippen molar-refractivity contribution in [3.05, 3.63) is 17.8 Å². The third-order valence-electron chi connectivity index (χ3n) is 2.08. The summed E-state index contributed by atoms with van der Waals surface area (Å²) in [6, 6.07) is 3.62. The van der Waals surface area contributed by atoms with Gasteiger partial charge in [0.25, 0.3) is 0 Å². The van der Waals surface area contributed by atoms with Crippen molar-refractivity contribution in [2.24, 2.45) is 0 Å². The summed E-state index contributed by atoms with van der Waals surface area (Å²) in [6.07, 6.45) is 2.54. The average Bonchev–Trinajstić information content (AvgIpc) is 2.29. The molecule has 0 fully saturated rings. The van der Waals surface area contributed by atoms with Gasteiger partial charge >= 0.3 is 0 Å². The van der Waals surface area contributed by atoms with Crippen molar-refractivity contribution in [3.63, 3.8) is 0 Å². The molecule has 0 radical (unpaired) electrons. The van der Waals surface area contributed by atoms with E-state index in [0.717, 1.165) is 6.42 Å². The average molecular weight is 206 g/mol. The van der Waals surface area contributed by atoms with E-state index >= 15 is 0 Å². The molecule has 15 heavy (non-hydrogen) atoms. The van der Waals surface area contributed by atoms with E-state index in [1.54, 1.807) is 6.07 Å². The number of rotatable bonds is 5. The van der Waals surface area contributed by atoms with Gasteiger partial charge in [-0.05, 0) is 18.9 Å². The molecule has 0 saturated heterocycles. The number of aliphatic hydroxyl groups is 1. The molecule has 1 rings (SSSR count). The second-order valence-electron chi connectivity index (χ2n) is 3.18. The lowest BCUT2D eigenvalue weighted by atomic mass is 10.2. The van der Waals surface area contributed by atoms with E-state index in [-0.39, 0.29) is 6.10 Å². The summed E-state index contributed by atoms with van der Waals surface area (Å²) in [5.41, 5.74) is 0.469. The van der Waals surface area contributed by atoms with Crippen LogP contribution in [0, 0.1) is 11.3 Å². The molecule has 0 aliphatic heterocycles. The highest BCUT2D eigenvalue weighted by Crippen LogP contribution is 2.08. The molecule has 5 heteroatoms. The maximum Gasteiger partial charge on any atom is 0.166 e. The van der Waals surface area contributed by atoms with Crippen LogP contribution in [0.5, 0.6) is 0 Å². The quantitative estimate of drug-likeness (QED) is 0.748. The second-order valence-corrected chi connectivity index (χ2v) is 3.18. The van der Waals surface area contributed by atoms with Crippen LogP contribution in [0.2, 0.25) is 0 Å². The summed E-state index contributed by atoms with van der Waals surface area (Å²) in [6.45, 7) is 2.51. The van der Waals surface area contributed by atoms with Crippen molar-refractivity contribution in [2.75, 3.05) is 11.9 Å². The molecule has 0 bridgehead atoms. The van der Waals surface area contributed by atoms with E-state index in [0.29, 0.717) is 24.3 Å². The minimum absolute atomic E-state index is 0.306. The number of nitrogens with one attached hydrogen (secondary N) is 1. The van der Waals surface area contributed by atoms with Gasteiger partial charge in [-0.1, -0.05) is 6.92 Å². The highest BCUT2D eigenvalue weighted by Gasteiger charge is 2.04. The van der Waals surface area contributed by atoms with E-state index in [4.69, 9.17) is 5.26 Å². The van der Waals surface area contributed by atoms with Crippen LogP contribution < -0.4 is 5.32 Å². The molecule has 1 aromatic rings. The number of aliphatic hydroxyl groups excluding tert-OH is 1. The SMILES string of the molecule is CCC(O)CCNc1nnccc1C#N. The molecule has 1 aromatic heterocycles. The molecule has 5 nitrogen and oxygen atoms in total. The molecule has 2 N–H and O–H groups in total. The second kappa shape index (κ2) is 5.94. The first-order valence-electron chi connectivity index (χ1n) is 4.91. The van der Waals surface area contributed by atoms with Crippen LogP contribution in [0.15, 0.2) is 12.3 Å². The minimum atomic E-state index is -0.306. The molecule has 0 amide bonds. The van der Waals surface area contributed by atoms with Gasteiger partial charge in [0, 0.05) is 6.54 Å². The van der Waals surface area contributed by atoms with Gasteiger partial charge < -0.3 is 10.4 Å². The molecule has 0 aromatic carbocycles. The molecule has 80 valence electrons. The van der Waals surface area contributed by atoms with Gasteiger partial charge in [0.15, 0.2) is 5.82 Å². The predicted molar refractivity (Wildman–Crippen MR) is 56.2 cm³/mol. The van der Waals surface area contributed by atoms with Crippen molar-refractivity contribution in [1.29, 1.82) is 5.26 Å². The van der Waals surface area contributed by atoms with Crippen molar-refractivity contribution < 1.29 is 5.11 Å². The fourth-order valence-electron chi connectivity index (χ4n) is 1.11. The molecule has 0 aliphatic rings. The number of hydrogen-bond donors (Lipinski definition) is 2. The Morgan fingerprint density at radius 1 is 1.67 bits per heavy atom. The Labute approximate surface area is 88.8 Å². The molecule has 1 atom stereocenters. The number of anilines is 1. The topological polar surface area (TPSA) is 81.8 Å². The van der Waals surface area contributed by atoms with Crippen LogP contribution in [0.1, 0.15) is 25.3 Å². The number of nitrogens with zero attached hydrogens (tertiary/aromatic N) is 3. The number of nitriles is 1. The first-order valence-corrected chi connectivity index (χ1v) is 4.91. The highest BCUT2D eigenvalue weighted by atomic mass is 16.3. The Kier molecular flexibility index (Phi) is 4.51. The fourth-order valence-corrected chi connectivity index (χ4v) is 1.11. The Morgan fingerprint density at radius 3 is 3.13 bits per heavy atom. The van der Waals surface area contributed by atoms with Crippen molar-refractivity contribution in [2.45, 2.75) is 25.9 Å². The molecule has 0 aliphatic carbocycles. The van der Waals surface area contributed by atoms with Gasteiger partial charge in [-0.3, -0.25) is 0 Å². The molecule has 1 heterocycles. The van der Waals surface area contributed by atoms with E-state index < -0.39 is 0 Å². The molecule has 0 spiro atoms. The molecule has 0 saturated carbocycles. The first kappa shape index (κ1) is 11.4. The number of hydrogen-bond acceptors (Lipinski definition) is 5. The normalized spacial score (nSPS) is 11.8. The summed E-state index contributed by atoms with van der Waals surface area (Å²) in [4.78, 5) is 0. The van der Waals surface area contributed by atoms with E-state index in [9.17, 15) is 5.11 Å². The minimum Gasteiger partial charge on any atom is -0.393 e. The van der Waals surface area contributed by atoms with Crippen LogP contribution >= 0.6 is 0 Å². The summed E-state index contributed by atoms with van der Waals surface area (Å²) < 4.78 is 0. The van der Waals surface area contributed by atoms with Gasteiger partial charge in [-0.25, -0.2) is 0 Å². The van der Waals surface area contributed by atoms with E-state index in [2.05, 4.69) is 15.5 Å². The highest BCUT2D eigenvalue weighted by molar-refractivity contribution is 5.49. The van der Waals surface area contributed by atoms with Gasteiger partial charge in [0.1, 0.15) is 6.07 Å². The van der Waals surface area contributed by atoms with Crippen LogP contribution in [-0.2, 0) is 0 Å². The molecular weight excluding hydrogens is 192 g/mol. The van der Waals surface area contributed by atoms with Crippen molar-refractivity contribution in [3.8, 4) is 6.07 Å². The summed E-state index contributed by atoms with van der Waals surface area (Å²) in [7, 11) is 0. The van der Waals surface area contributed by atoms with Gasteiger partial charge in [-0.15, -0.1) is 5.10 Å². The monoisotopic (exact) mass is 206 g/mol. The zero-order valence-corrected chi connectivity index (χ0v) is 8.64. The lowest BCUT2D eigenvalue weighted by Crippen LogP contribution is -2.13. The van der Waals surface area contributed by atoms with Gasteiger partial charge in [-0.2, -0.15) is 10.4 Å². The first-order chi connectivity index (χ1) is 7.27. The molecule has 1 unspecified atom stereocenters. The van der Waals surface area contributed by atoms with Gasteiger partial charge in [0.05, 0.1) is 17.9 Å².